The number of nitrogens with zero attached hydrogens (tertiary/aromatic N) is 6. The number of nitrogens with one attached hydrogen (secondary N) is 2. The molecule has 0 spiro atoms. The predicted molar refractivity (Wildman–Crippen MR) is 134 cm³/mol. The van der Waals surface area contributed by atoms with E-state index in [4.69, 9.17) is 14.1 Å². The summed E-state index contributed by atoms with van der Waals surface area (Å²) in [6, 6.07) is 17.4. The largest absolute Gasteiger partial charge is 0.403 e. The number of anilines is 3. The van der Waals surface area contributed by atoms with Crippen molar-refractivity contribution in [2.75, 3.05) is 41.8 Å². The fraction of sp³-hybridized carbons (Fsp3) is 0.240. The fourth-order valence-corrected chi connectivity index (χ4v) is 4.42. The smallest absolute Gasteiger partial charge is 0.317 e. The van der Waals surface area contributed by atoms with Crippen LogP contribution in [0.15, 0.2) is 70.2 Å². The molecule has 2 N–H and O–H groups in total. The zero-order valence-corrected chi connectivity index (χ0v) is 19.6. The molecule has 0 radical (unpaired) electrons. The van der Waals surface area contributed by atoms with Crippen molar-refractivity contribution in [3.05, 3.63) is 71.9 Å². The van der Waals surface area contributed by atoms with Crippen molar-refractivity contribution in [3.8, 4) is 11.5 Å². The monoisotopic (exact) mass is 484 g/mol. The van der Waals surface area contributed by atoms with Crippen LogP contribution in [0.1, 0.15) is 11.1 Å². The number of carbonyl (C=O) groups is 1. The first-order valence-electron chi connectivity index (χ1n) is 11.7. The molecule has 2 aliphatic rings. The lowest BCUT2D eigenvalue weighted by Crippen LogP contribution is -2.37. The van der Waals surface area contributed by atoms with Crippen LogP contribution in [0.5, 0.6) is 0 Å². The first-order chi connectivity index (χ1) is 17.7. The average Bonchev–Trinajstić information content (AvgIpc) is 3.50. The molecule has 36 heavy (non-hydrogen) atoms. The number of hydrogen-bond donors (Lipinski definition) is 2. The summed E-state index contributed by atoms with van der Waals surface area (Å²) in [5.74, 6) is 0.848. The second-order valence-electron chi connectivity index (χ2n) is 8.44. The molecule has 1 atom stereocenters. The van der Waals surface area contributed by atoms with E-state index in [-0.39, 0.29) is 11.9 Å². The topological polar surface area (TPSA) is 123 Å². The number of fused-ring (bicyclic) bond motifs is 1. The lowest BCUT2D eigenvalue weighted by molar-refractivity contribution is -0.116. The van der Waals surface area contributed by atoms with E-state index < -0.39 is 6.17 Å². The van der Waals surface area contributed by atoms with Crippen molar-refractivity contribution < 1.29 is 13.9 Å². The Morgan fingerprint density at radius 1 is 1.00 bits per heavy atom. The summed E-state index contributed by atoms with van der Waals surface area (Å²) in [7, 11) is 1.87. The van der Waals surface area contributed by atoms with Gasteiger partial charge in [0, 0.05) is 31.3 Å². The molecule has 1 unspecified atom stereocenters. The molecule has 1 fully saturated rings. The third-order valence-corrected chi connectivity index (χ3v) is 6.13. The minimum atomic E-state index is -0.978. The molecular formula is C25H24N8O3. The van der Waals surface area contributed by atoms with Gasteiger partial charge in [-0.05, 0) is 6.07 Å². The Bertz CT molecular complexity index is 1420. The summed E-state index contributed by atoms with van der Waals surface area (Å²) in [6.07, 6.45) is 0.719. The number of aromatic nitrogens is 4. The Balaban J connectivity index is 1.32. The average molecular weight is 485 g/mol. The van der Waals surface area contributed by atoms with Crippen LogP contribution in [0.4, 0.5) is 17.5 Å². The summed E-state index contributed by atoms with van der Waals surface area (Å²) < 4.78 is 13.2. The third kappa shape index (κ3) is 4.09. The van der Waals surface area contributed by atoms with Crippen LogP contribution in [-0.4, -0.2) is 64.1 Å². The summed E-state index contributed by atoms with van der Waals surface area (Å²) in [6.45, 7) is 2.77. The van der Waals surface area contributed by atoms with Gasteiger partial charge in [0.1, 0.15) is 11.4 Å². The second kappa shape index (κ2) is 9.27. The maximum Gasteiger partial charge on any atom is 0.317 e. The van der Waals surface area contributed by atoms with Crippen LogP contribution in [0.2, 0.25) is 0 Å². The molecule has 2 aromatic heterocycles. The van der Waals surface area contributed by atoms with Crippen LogP contribution < -0.4 is 15.5 Å². The van der Waals surface area contributed by atoms with Gasteiger partial charge in [-0.1, -0.05) is 53.6 Å². The zero-order chi connectivity index (χ0) is 24.5. The number of benzodiazepines with no additional fused rings is 1. The Morgan fingerprint density at radius 3 is 2.61 bits per heavy atom. The van der Waals surface area contributed by atoms with Crippen LogP contribution in [0.25, 0.3) is 11.5 Å². The van der Waals surface area contributed by atoms with Gasteiger partial charge in [-0.15, -0.1) is 5.10 Å². The first kappa shape index (κ1) is 22.0. The molecule has 4 heterocycles. The predicted octanol–water partition coefficient (Wildman–Crippen LogP) is 2.53. The van der Waals surface area contributed by atoms with Gasteiger partial charge in [0.05, 0.1) is 30.8 Å². The molecular weight excluding hydrogens is 460 g/mol. The van der Waals surface area contributed by atoms with Crippen LogP contribution in [-0.2, 0) is 16.6 Å². The van der Waals surface area contributed by atoms with Gasteiger partial charge in [-0.25, -0.2) is 4.99 Å². The highest BCUT2D eigenvalue weighted by Gasteiger charge is 2.28. The van der Waals surface area contributed by atoms with Gasteiger partial charge in [0.15, 0.2) is 0 Å². The highest BCUT2D eigenvalue weighted by molar-refractivity contribution is 6.19. The van der Waals surface area contributed by atoms with Gasteiger partial charge in [0.25, 0.3) is 11.8 Å². The molecule has 0 saturated carbocycles. The number of aliphatic imine (C=N–C) groups is 1. The quantitative estimate of drug-likeness (QED) is 0.443. The molecule has 11 heteroatoms. The van der Waals surface area contributed by atoms with Gasteiger partial charge in [-0.2, -0.15) is 5.10 Å². The molecule has 11 nitrogen and oxygen atoms in total. The maximum absolute atomic E-state index is 13.1. The van der Waals surface area contributed by atoms with Gasteiger partial charge >= 0.3 is 6.01 Å². The Hall–Kier alpha value is -4.51. The van der Waals surface area contributed by atoms with Crippen molar-refractivity contribution in [1.82, 2.24) is 20.0 Å². The summed E-state index contributed by atoms with van der Waals surface area (Å²) >= 11 is 0. The molecule has 1 saturated heterocycles. The van der Waals surface area contributed by atoms with E-state index in [9.17, 15) is 4.79 Å². The number of benzene rings is 2. The molecule has 0 bridgehead atoms. The van der Waals surface area contributed by atoms with Crippen molar-refractivity contribution in [3.63, 3.8) is 0 Å². The van der Waals surface area contributed by atoms with E-state index in [0.717, 1.165) is 30.0 Å². The lowest BCUT2D eigenvalue weighted by atomic mass is 10.0. The van der Waals surface area contributed by atoms with Crippen molar-refractivity contribution in [2.24, 2.45) is 12.0 Å². The number of amides is 1. The number of ether oxygens (including phenoxy) is 1. The standard InChI is InChI=1S/C25H24N8O3/c1-32-24(33-11-13-35-14-12-33)18(15-26-32)23-30-31-25(36-23)29-21-22(34)27-19-10-6-5-9-17(19)20(28-21)16-7-3-2-4-8-16/h2-10,15,21H,11-14H2,1H3,(H,27,34)(H,29,31). The minimum absolute atomic E-state index is 0.0871. The molecule has 4 aromatic rings. The minimum Gasteiger partial charge on any atom is -0.403 e. The van der Waals surface area contributed by atoms with E-state index in [0.29, 0.717) is 36.1 Å². The van der Waals surface area contributed by atoms with E-state index >= 15 is 0 Å². The number of carbonyl (C=O) groups excluding carboxylic acids is 1. The van der Waals surface area contributed by atoms with E-state index in [1.54, 1.807) is 10.9 Å². The van der Waals surface area contributed by atoms with Crippen molar-refractivity contribution >= 4 is 29.1 Å². The number of aryl methyl sites for hydroxylation is 1. The summed E-state index contributed by atoms with van der Waals surface area (Å²) in [5, 5.41) is 18.7. The summed E-state index contributed by atoms with van der Waals surface area (Å²) in [5.41, 5.74) is 3.81. The first-order valence-corrected chi connectivity index (χ1v) is 11.7. The van der Waals surface area contributed by atoms with Crippen LogP contribution in [0.3, 0.4) is 0 Å². The van der Waals surface area contributed by atoms with Crippen LogP contribution >= 0.6 is 0 Å². The number of hydrogen-bond acceptors (Lipinski definition) is 9. The normalized spacial score (nSPS) is 17.7. The highest BCUT2D eigenvalue weighted by Crippen LogP contribution is 2.31. The van der Waals surface area contributed by atoms with Crippen LogP contribution in [0, 0.1) is 0 Å². The number of morpholine rings is 1. The molecule has 2 aliphatic heterocycles. The fourth-order valence-electron chi connectivity index (χ4n) is 4.42. The number of rotatable bonds is 5. The SMILES string of the molecule is Cn1ncc(-c2nnc(NC3N=C(c4ccccc4)c4ccccc4NC3=O)o2)c1N1CCOCC1. The lowest BCUT2D eigenvalue weighted by Gasteiger charge is -2.29. The Labute approximate surface area is 206 Å². The number of para-hydroxylation sites is 1. The molecule has 6 rings (SSSR count). The van der Waals surface area contributed by atoms with E-state index in [1.165, 1.54) is 0 Å². The van der Waals surface area contributed by atoms with E-state index in [1.807, 2.05) is 61.6 Å². The molecule has 0 aliphatic carbocycles. The van der Waals surface area contributed by atoms with E-state index in [2.05, 4.69) is 30.8 Å². The highest BCUT2D eigenvalue weighted by atomic mass is 16.5. The molecule has 2 aromatic carbocycles. The Kier molecular flexibility index (Phi) is 5.66. The van der Waals surface area contributed by atoms with Gasteiger partial charge in [-0.3, -0.25) is 9.48 Å². The third-order valence-electron chi connectivity index (χ3n) is 6.13. The Morgan fingerprint density at radius 2 is 1.78 bits per heavy atom. The second-order valence-corrected chi connectivity index (χ2v) is 8.44. The van der Waals surface area contributed by atoms with Gasteiger partial charge < -0.3 is 24.7 Å². The van der Waals surface area contributed by atoms with Gasteiger partial charge in [0.2, 0.25) is 6.17 Å². The van der Waals surface area contributed by atoms with Crippen molar-refractivity contribution in [2.45, 2.75) is 6.17 Å². The maximum atomic E-state index is 13.1. The molecule has 1 amide bonds. The molecule has 182 valence electrons. The summed E-state index contributed by atoms with van der Waals surface area (Å²) in [4.78, 5) is 20.0. The van der Waals surface area contributed by atoms with Crippen molar-refractivity contribution in [1.29, 1.82) is 0 Å². The zero-order valence-electron chi connectivity index (χ0n) is 19.6.